The first-order valence-electron chi connectivity index (χ1n) is 5.10. The van der Waals surface area contributed by atoms with Crippen LogP contribution < -0.4 is 5.73 Å². The molecule has 1 aromatic rings. The molecule has 1 fully saturated rings. The maximum atomic E-state index is 13.5. The largest absolute Gasteiger partial charge is 0.366 e. The molecule has 1 aliphatic rings. The second-order valence-corrected chi connectivity index (χ2v) is 4.78. The first-order chi connectivity index (χ1) is 8.09. The van der Waals surface area contributed by atoms with Crippen LogP contribution in [0.4, 0.5) is 4.39 Å². The number of amidine groups is 1. The molecule has 1 heterocycles. The zero-order valence-corrected chi connectivity index (χ0v) is 9.89. The van der Waals surface area contributed by atoms with Crippen molar-refractivity contribution in [2.24, 2.45) is 5.73 Å². The van der Waals surface area contributed by atoms with E-state index in [4.69, 9.17) is 11.1 Å². The Morgan fingerprint density at radius 1 is 1.53 bits per heavy atom. The molecule has 1 saturated heterocycles. The Balaban J connectivity index is 2.25. The number of amides is 1. The van der Waals surface area contributed by atoms with Crippen molar-refractivity contribution in [2.75, 3.05) is 18.2 Å². The predicted octanol–water partition coefficient (Wildman–Crippen LogP) is 1.26. The number of hydrogen-bond donors (Lipinski definition) is 2. The lowest BCUT2D eigenvalue weighted by Crippen LogP contribution is -2.28. The Morgan fingerprint density at radius 3 is 2.82 bits per heavy atom. The third-order valence-electron chi connectivity index (χ3n) is 2.58. The van der Waals surface area contributed by atoms with Gasteiger partial charge in [0.2, 0.25) is 0 Å². The van der Waals surface area contributed by atoms with Gasteiger partial charge in [0.1, 0.15) is 11.7 Å². The van der Waals surface area contributed by atoms with Gasteiger partial charge in [0.05, 0.1) is 11.4 Å². The molecule has 1 aromatic carbocycles. The van der Waals surface area contributed by atoms with Crippen LogP contribution >= 0.6 is 11.8 Å². The van der Waals surface area contributed by atoms with Crippen molar-refractivity contribution in [2.45, 2.75) is 0 Å². The zero-order chi connectivity index (χ0) is 12.4. The third kappa shape index (κ3) is 2.41. The Morgan fingerprint density at radius 2 is 2.29 bits per heavy atom. The molecule has 0 aliphatic carbocycles. The molecule has 0 atom stereocenters. The maximum absolute atomic E-state index is 13.5. The Labute approximate surface area is 102 Å². The van der Waals surface area contributed by atoms with Crippen LogP contribution in [0.3, 0.4) is 0 Å². The number of nitrogens with one attached hydrogen (secondary N) is 1. The number of nitrogens with two attached hydrogens (primary N) is 1. The van der Waals surface area contributed by atoms with E-state index in [0.29, 0.717) is 5.56 Å². The number of primary amides is 1. The average Bonchev–Trinajstić information content (AvgIpc) is 2.80. The smallest absolute Gasteiger partial charge is 0.251 e. The number of carbonyl (C=O) groups excluding carboxylic acids is 1. The molecule has 0 saturated carbocycles. The molecule has 6 heteroatoms. The minimum Gasteiger partial charge on any atom is -0.366 e. The van der Waals surface area contributed by atoms with Gasteiger partial charge in [0, 0.05) is 17.9 Å². The molecule has 0 spiro atoms. The van der Waals surface area contributed by atoms with Gasteiger partial charge in [-0.15, -0.1) is 11.8 Å². The number of benzene rings is 1. The summed E-state index contributed by atoms with van der Waals surface area (Å²) in [6.07, 6.45) is 0. The lowest BCUT2D eigenvalue weighted by molar-refractivity contribution is 0.0996. The van der Waals surface area contributed by atoms with Crippen LogP contribution in [-0.4, -0.2) is 34.8 Å². The first-order valence-corrected chi connectivity index (χ1v) is 6.26. The fraction of sp³-hybridized carbons (Fsp3) is 0.273. The van der Waals surface area contributed by atoms with E-state index in [2.05, 4.69) is 0 Å². The predicted molar refractivity (Wildman–Crippen MR) is 65.8 cm³/mol. The number of rotatable bonds is 2. The van der Waals surface area contributed by atoms with Crippen LogP contribution in [0, 0.1) is 11.2 Å². The van der Waals surface area contributed by atoms with Crippen molar-refractivity contribution in [3.63, 3.8) is 0 Å². The van der Waals surface area contributed by atoms with Crippen molar-refractivity contribution in [1.82, 2.24) is 4.90 Å². The summed E-state index contributed by atoms with van der Waals surface area (Å²) in [6, 6.07) is 4.06. The molecule has 0 aromatic heterocycles. The molecule has 4 nitrogen and oxygen atoms in total. The van der Waals surface area contributed by atoms with Crippen LogP contribution in [0.1, 0.15) is 15.9 Å². The van der Waals surface area contributed by atoms with Gasteiger partial charge in [-0.3, -0.25) is 10.2 Å². The van der Waals surface area contributed by atoms with Crippen molar-refractivity contribution < 1.29 is 9.18 Å². The standard InChI is InChI=1S/C11H12FN3OS/c12-9-5-7(1-2-8(9)11(14)16)10(13)15-3-4-17-6-15/h1-2,5,13H,3-4,6H2,(H2,14,16). The van der Waals surface area contributed by atoms with Crippen LogP contribution in [0.2, 0.25) is 0 Å². The van der Waals surface area contributed by atoms with Crippen LogP contribution in [0.25, 0.3) is 0 Å². The fourth-order valence-corrected chi connectivity index (χ4v) is 2.59. The van der Waals surface area contributed by atoms with Gasteiger partial charge in [-0.25, -0.2) is 4.39 Å². The minimum absolute atomic E-state index is 0.141. The Kier molecular flexibility index (Phi) is 3.33. The van der Waals surface area contributed by atoms with E-state index >= 15 is 0 Å². The molecule has 0 bridgehead atoms. The number of thioether (sulfide) groups is 1. The summed E-state index contributed by atoms with van der Waals surface area (Å²) in [5, 5.41) is 7.93. The second-order valence-electron chi connectivity index (χ2n) is 3.71. The highest BCUT2D eigenvalue weighted by molar-refractivity contribution is 7.99. The summed E-state index contributed by atoms with van der Waals surface area (Å²) >= 11 is 1.73. The van der Waals surface area contributed by atoms with E-state index in [1.54, 1.807) is 17.8 Å². The molecule has 0 radical (unpaired) electrons. The number of nitrogens with zero attached hydrogens (tertiary/aromatic N) is 1. The summed E-state index contributed by atoms with van der Waals surface area (Å²) in [5.74, 6) is 0.538. The number of hydrogen-bond acceptors (Lipinski definition) is 3. The highest BCUT2D eigenvalue weighted by atomic mass is 32.2. The monoisotopic (exact) mass is 253 g/mol. The van der Waals surface area contributed by atoms with E-state index in [-0.39, 0.29) is 11.4 Å². The van der Waals surface area contributed by atoms with E-state index in [0.717, 1.165) is 18.2 Å². The lowest BCUT2D eigenvalue weighted by Gasteiger charge is -2.17. The highest BCUT2D eigenvalue weighted by Crippen LogP contribution is 2.18. The maximum Gasteiger partial charge on any atom is 0.251 e. The summed E-state index contributed by atoms with van der Waals surface area (Å²) < 4.78 is 13.5. The quantitative estimate of drug-likeness (QED) is 0.615. The molecule has 90 valence electrons. The van der Waals surface area contributed by atoms with Gasteiger partial charge < -0.3 is 10.6 Å². The molecule has 2 rings (SSSR count). The van der Waals surface area contributed by atoms with Crippen molar-refractivity contribution >= 4 is 23.5 Å². The molecule has 0 unspecified atom stereocenters. The van der Waals surface area contributed by atoms with Crippen molar-refractivity contribution in [3.8, 4) is 0 Å². The van der Waals surface area contributed by atoms with E-state index in [1.807, 2.05) is 4.90 Å². The number of halogens is 1. The van der Waals surface area contributed by atoms with E-state index < -0.39 is 11.7 Å². The molecule has 3 N–H and O–H groups in total. The molecule has 1 aliphatic heterocycles. The Hall–Kier alpha value is -1.56. The van der Waals surface area contributed by atoms with Gasteiger partial charge in [0.15, 0.2) is 0 Å². The van der Waals surface area contributed by atoms with Gasteiger partial charge in [-0.1, -0.05) is 6.07 Å². The van der Waals surface area contributed by atoms with Crippen LogP contribution in [0.15, 0.2) is 18.2 Å². The first kappa shape index (κ1) is 11.9. The lowest BCUT2D eigenvalue weighted by atomic mass is 10.1. The molecule has 17 heavy (non-hydrogen) atoms. The summed E-state index contributed by atoms with van der Waals surface area (Å²) in [4.78, 5) is 12.7. The van der Waals surface area contributed by atoms with Crippen molar-refractivity contribution in [1.29, 1.82) is 5.41 Å². The summed E-state index contributed by atoms with van der Waals surface area (Å²) in [6.45, 7) is 0.794. The molecular formula is C11H12FN3OS. The highest BCUT2D eigenvalue weighted by Gasteiger charge is 2.18. The summed E-state index contributed by atoms with van der Waals surface area (Å²) in [7, 11) is 0. The number of carbonyl (C=O) groups is 1. The summed E-state index contributed by atoms with van der Waals surface area (Å²) in [5.41, 5.74) is 5.34. The second kappa shape index (κ2) is 4.75. The zero-order valence-electron chi connectivity index (χ0n) is 9.07. The normalized spacial score (nSPS) is 15.0. The average molecular weight is 253 g/mol. The van der Waals surface area contributed by atoms with Crippen LogP contribution in [-0.2, 0) is 0 Å². The fourth-order valence-electron chi connectivity index (χ4n) is 1.64. The van der Waals surface area contributed by atoms with Gasteiger partial charge >= 0.3 is 0 Å². The molecular weight excluding hydrogens is 241 g/mol. The molecule has 1 amide bonds. The topological polar surface area (TPSA) is 70.2 Å². The van der Waals surface area contributed by atoms with Gasteiger partial charge in [0.25, 0.3) is 5.91 Å². The minimum atomic E-state index is -0.794. The van der Waals surface area contributed by atoms with Crippen molar-refractivity contribution in [3.05, 3.63) is 35.1 Å². The van der Waals surface area contributed by atoms with E-state index in [9.17, 15) is 9.18 Å². The third-order valence-corrected chi connectivity index (χ3v) is 3.54. The van der Waals surface area contributed by atoms with Crippen LogP contribution in [0.5, 0.6) is 0 Å². The van der Waals surface area contributed by atoms with E-state index in [1.165, 1.54) is 12.1 Å². The Bertz CT molecular complexity index is 472. The van der Waals surface area contributed by atoms with Gasteiger partial charge in [-0.2, -0.15) is 0 Å². The SMILES string of the molecule is N=C(c1ccc(C(N)=O)c(F)c1)N1CCSC1. The van der Waals surface area contributed by atoms with Gasteiger partial charge in [-0.05, 0) is 12.1 Å².